The molecule has 0 aromatic heterocycles. The molecular weight excluding hydrogens is 540 g/mol. The Balaban J connectivity index is 1.30. The molecular formula is C32H36N2O8. The molecule has 6 rings (SSSR count). The van der Waals surface area contributed by atoms with Crippen LogP contribution in [0.25, 0.3) is 0 Å². The predicted molar refractivity (Wildman–Crippen MR) is 151 cm³/mol. The monoisotopic (exact) mass is 576 g/mol. The maximum absolute atomic E-state index is 13.1. The lowest BCUT2D eigenvalue weighted by molar-refractivity contribution is -0.164. The number of esters is 1. The van der Waals surface area contributed by atoms with Gasteiger partial charge in [-0.25, -0.2) is 0 Å². The van der Waals surface area contributed by atoms with Crippen molar-refractivity contribution in [2.75, 3.05) is 27.2 Å². The highest BCUT2D eigenvalue weighted by molar-refractivity contribution is 5.99. The van der Waals surface area contributed by atoms with Crippen molar-refractivity contribution >= 4 is 29.5 Å². The van der Waals surface area contributed by atoms with Gasteiger partial charge in [0.1, 0.15) is 24.2 Å². The SMILES string of the molecule is CCCOC(=O)C1C2C(=O)CC(c3ccc(OCc4ccc(C(=O)N5CCCC5C(=O)N(C)C)cc4)cc32)C1C(=O)O. The third-order valence-corrected chi connectivity index (χ3v) is 8.59. The Morgan fingerprint density at radius 1 is 1.02 bits per heavy atom. The molecule has 0 radical (unpaired) electrons. The smallest absolute Gasteiger partial charge is 0.310 e. The summed E-state index contributed by atoms with van der Waals surface area (Å²) in [5.74, 6) is -5.26. The summed E-state index contributed by atoms with van der Waals surface area (Å²) >= 11 is 0. The van der Waals surface area contributed by atoms with Gasteiger partial charge in [-0.2, -0.15) is 0 Å². The maximum Gasteiger partial charge on any atom is 0.310 e. The molecule has 1 aliphatic heterocycles. The van der Waals surface area contributed by atoms with Crippen LogP contribution in [0.2, 0.25) is 0 Å². The van der Waals surface area contributed by atoms with Crippen molar-refractivity contribution in [1.29, 1.82) is 0 Å². The number of likely N-dealkylation sites (tertiary alicyclic amines) is 1. The average Bonchev–Trinajstić information content (AvgIpc) is 3.47. The van der Waals surface area contributed by atoms with E-state index in [2.05, 4.69) is 0 Å². The molecule has 1 saturated heterocycles. The van der Waals surface area contributed by atoms with Crippen LogP contribution in [0.15, 0.2) is 42.5 Å². The summed E-state index contributed by atoms with van der Waals surface area (Å²) in [6, 6.07) is 11.9. The topological polar surface area (TPSA) is 131 Å². The molecule has 42 heavy (non-hydrogen) atoms. The number of fused-ring (bicyclic) bond motifs is 2. The van der Waals surface area contributed by atoms with Crippen LogP contribution in [0, 0.1) is 11.8 Å². The summed E-state index contributed by atoms with van der Waals surface area (Å²) in [6.45, 7) is 2.75. The summed E-state index contributed by atoms with van der Waals surface area (Å²) in [4.78, 5) is 67.0. The molecule has 1 saturated carbocycles. The standard InChI is InChI=1S/C32H36N2O8/c1-4-14-41-32(40)28-26-22-15-20(11-12-21(22)23(16-25(26)35)27(28)31(38)39)42-17-18-7-9-19(10-8-18)29(36)34-13-5-6-24(34)30(37)33(2)3/h7-12,15,23-24,26-28H,4-6,13-14,16-17H2,1-3H3,(H,38,39). The van der Waals surface area contributed by atoms with Gasteiger partial charge in [-0.05, 0) is 60.2 Å². The first kappa shape index (κ1) is 29.3. The van der Waals surface area contributed by atoms with E-state index < -0.39 is 41.7 Å². The van der Waals surface area contributed by atoms with Gasteiger partial charge in [0.15, 0.2) is 0 Å². The van der Waals surface area contributed by atoms with Gasteiger partial charge in [-0.3, -0.25) is 24.0 Å². The van der Waals surface area contributed by atoms with Crippen LogP contribution in [0.5, 0.6) is 5.75 Å². The molecule has 222 valence electrons. The van der Waals surface area contributed by atoms with E-state index in [1.54, 1.807) is 61.5 Å². The zero-order chi connectivity index (χ0) is 30.1. The molecule has 5 unspecified atom stereocenters. The number of likely N-dealkylation sites (N-methyl/N-ethyl adjacent to an activating group) is 1. The zero-order valence-electron chi connectivity index (χ0n) is 24.1. The molecule has 2 aromatic carbocycles. The van der Waals surface area contributed by atoms with Gasteiger partial charge in [0.05, 0.1) is 24.4 Å². The fourth-order valence-electron chi connectivity index (χ4n) is 6.60. The Kier molecular flexibility index (Phi) is 8.34. The number of nitrogens with zero attached hydrogens (tertiary/aromatic N) is 2. The number of hydrogen-bond donors (Lipinski definition) is 1. The number of carboxylic acid groups (broad SMARTS) is 1. The largest absolute Gasteiger partial charge is 0.489 e. The Morgan fingerprint density at radius 3 is 2.43 bits per heavy atom. The highest BCUT2D eigenvalue weighted by Gasteiger charge is 2.57. The van der Waals surface area contributed by atoms with Crippen LogP contribution in [0.4, 0.5) is 0 Å². The van der Waals surface area contributed by atoms with E-state index in [4.69, 9.17) is 9.47 Å². The second-order valence-corrected chi connectivity index (χ2v) is 11.5. The molecule has 2 amide bonds. The first-order valence-electron chi connectivity index (χ1n) is 14.4. The molecule has 4 aliphatic rings. The van der Waals surface area contributed by atoms with Crippen molar-refractivity contribution in [3.05, 3.63) is 64.7 Å². The number of carbonyl (C=O) groups excluding carboxylic acids is 4. The van der Waals surface area contributed by atoms with Crippen molar-refractivity contribution in [3.8, 4) is 5.75 Å². The minimum atomic E-state index is -1.10. The molecule has 2 fully saturated rings. The summed E-state index contributed by atoms with van der Waals surface area (Å²) < 4.78 is 11.3. The molecule has 10 heteroatoms. The number of ether oxygens (including phenoxy) is 2. The van der Waals surface area contributed by atoms with E-state index in [-0.39, 0.29) is 37.2 Å². The fraction of sp³-hybridized carbons (Fsp3) is 0.469. The Labute approximate surface area is 244 Å². The number of carboxylic acids is 1. The number of ketones is 1. The van der Waals surface area contributed by atoms with Crippen molar-refractivity contribution in [2.45, 2.75) is 57.1 Å². The number of hydrogen-bond acceptors (Lipinski definition) is 7. The number of carbonyl (C=O) groups is 5. The lowest BCUT2D eigenvalue weighted by Crippen LogP contribution is -2.50. The summed E-state index contributed by atoms with van der Waals surface area (Å²) in [6.07, 6.45) is 2.11. The molecule has 1 heterocycles. The van der Waals surface area contributed by atoms with Crippen molar-refractivity contribution < 1.29 is 38.6 Å². The second kappa shape index (κ2) is 12.0. The van der Waals surface area contributed by atoms with E-state index in [0.717, 1.165) is 17.5 Å². The average molecular weight is 577 g/mol. The van der Waals surface area contributed by atoms with E-state index >= 15 is 0 Å². The quantitative estimate of drug-likeness (QED) is 0.450. The van der Waals surface area contributed by atoms with Gasteiger partial charge in [0, 0.05) is 38.5 Å². The molecule has 0 spiro atoms. The number of aliphatic carboxylic acids is 1. The van der Waals surface area contributed by atoms with Gasteiger partial charge in [-0.15, -0.1) is 0 Å². The van der Waals surface area contributed by atoms with Crippen LogP contribution in [0.3, 0.4) is 0 Å². The van der Waals surface area contributed by atoms with Crippen LogP contribution in [-0.2, 0) is 30.5 Å². The minimum Gasteiger partial charge on any atom is -0.489 e. The predicted octanol–water partition coefficient (Wildman–Crippen LogP) is 3.38. The molecule has 3 aliphatic carbocycles. The van der Waals surface area contributed by atoms with Crippen LogP contribution in [0.1, 0.15) is 71.5 Å². The third kappa shape index (κ3) is 5.37. The Hall–Kier alpha value is -4.21. The first-order chi connectivity index (χ1) is 20.1. The van der Waals surface area contributed by atoms with Gasteiger partial charge < -0.3 is 24.4 Å². The van der Waals surface area contributed by atoms with Crippen molar-refractivity contribution in [2.24, 2.45) is 11.8 Å². The zero-order valence-corrected chi connectivity index (χ0v) is 24.1. The van der Waals surface area contributed by atoms with Crippen LogP contribution < -0.4 is 4.74 Å². The number of amides is 2. The first-order valence-corrected chi connectivity index (χ1v) is 14.4. The molecule has 2 aromatic rings. The Bertz CT molecular complexity index is 1400. The number of rotatable bonds is 9. The normalized spacial score (nSPS) is 24.2. The Morgan fingerprint density at radius 2 is 1.76 bits per heavy atom. The van der Waals surface area contributed by atoms with E-state index in [1.807, 2.05) is 6.92 Å². The van der Waals surface area contributed by atoms with Crippen molar-refractivity contribution in [1.82, 2.24) is 9.80 Å². The maximum atomic E-state index is 13.1. The summed E-state index contributed by atoms with van der Waals surface area (Å²) in [7, 11) is 3.38. The highest BCUT2D eigenvalue weighted by atomic mass is 16.5. The molecule has 10 nitrogen and oxygen atoms in total. The molecule has 2 bridgehead atoms. The van der Waals surface area contributed by atoms with Crippen LogP contribution >= 0.6 is 0 Å². The van der Waals surface area contributed by atoms with Gasteiger partial charge in [0.2, 0.25) is 5.91 Å². The number of benzene rings is 2. The lowest BCUT2D eigenvalue weighted by Gasteiger charge is -2.45. The molecule has 5 atom stereocenters. The second-order valence-electron chi connectivity index (χ2n) is 11.5. The van der Waals surface area contributed by atoms with E-state index in [9.17, 15) is 29.1 Å². The highest BCUT2D eigenvalue weighted by Crippen LogP contribution is 2.55. The van der Waals surface area contributed by atoms with Gasteiger partial charge >= 0.3 is 11.9 Å². The molecule has 1 N–H and O–H groups in total. The van der Waals surface area contributed by atoms with E-state index in [0.29, 0.717) is 36.3 Å². The number of Topliss-reactive ketones (excluding diaryl/α,β-unsaturated/α-hetero) is 1. The van der Waals surface area contributed by atoms with Crippen molar-refractivity contribution in [3.63, 3.8) is 0 Å². The summed E-state index contributed by atoms with van der Waals surface area (Å²) in [5.41, 5.74) is 2.69. The third-order valence-electron chi connectivity index (χ3n) is 8.59. The van der Waals surface area contributed by atoms with Crippen LogP contribution in [-0.4, -0.2) is 77.7 Å². The van der Waals surface area contributed by atoms with E-state index in [1.165, 1.54) is 4.90 Å². The fourth-order valence-corrected chi connectivity index (χ4v) is 6.60. The minimum absolute atomic E-state index is 0.0755. The summed E-state index contributed by atoms with van der Waals surface area (Å²) in [5, 5.41) is 9.97. The lowest BCUT2D eigenvalue weighted by atomic mass is 9.55. The van der Waals surface area contributed by atoms with Gasteiger partial charge in [-0.1, -0.05) is 25.1 Å². The van der Waals surface area contributed by atoms with Gasteiger partial charge in [0.25, 0.3) is 5.91 Å².